The number of benzene rings is 2. The lowest BCUT2D eigenvalue weighted by Crippen LogP contribution is -2.37. The van der Waals surface area contributed by atoms with Crippen molar-refractivity contribution < 1.29 is 14.3 Å². The summed E-state index contributed by atoms with van der Waals surface area (Å²) in [6, 6.07) is 14.1. The predicted molar refractivity (Wildman–Crippen MR) is 110 cm³/mol. The largest absolute Gasteiger partial charge is 0.493 e. The van der Waals surface area contributed by atoms with Crippen molar-refractivity contribution in [1.29, 1.82) is 0 Å². The number of hydrogen-bond donors (Lipinski definition) is 1. The third kappa shape index (κ3) is 6.63. The minimum absolute atomic E-state index is 0.0921. The monoisotopic (exact) mass is 369 g/mol. The molecule has 0 fully saturated rings. The molecule has 0 heterocycles. The van der Waals surface area contributed by atoms with Gasteiger partial charge in [0, 0.05) is 6.54 Å². The SMILES string of the molecule is CCCOc1ccccc1CCCNC(=O)[C@H](C)Oc1ccc(C)cc1C. The average Bonchev–Trinajstić information content (AvgIpc) is 2.66. The van der Waals surface area contributed by atoms with Crippen LogP contribution in [0.25, 0.3) is 0 Å². The van der Waals surface area contributed by atoms with Gasteiger partial charge in [0.25, 0.3) is 5.91 Å². The Bertz CT molecular complexity index is 742. The molecule has 0 bridgehead atoms. The van der Waals surface area contributed by atoms with Crippen molar-refractivity contribution in [3.63, 3.8) is 0 Å². The minimum Gasteiger partial charge on any atom is -0.493 e. The summed E-state index contributed by atoms with van der Waals surface area (Å²) in [5.41, 5.74) is 3.40. The number of hydrogen-bond acceptors (Lipinski definition) is 3. The minimum atomic E-state index is -0.522. The lowest BCUT2D eigenvalue weighted by molar-refractivity contribution is -0.127. The van der Waals surface area contributed by atoms with Gasteiger partial charge in [0.15, 0.2) is 6.10 Å². The normalized spacial score (nSPS) is 11.7. The first-order valence-corrected chi connectivity index (χ1v) is 9.73. The summed E-state index contributed by atoms with van der Waals surface area (Å²) in [4.78, 5) is 12.3. The van der Waals surface area contributed by atoms with Crippen molar-refractivity contribution >= 4 is 5.91 Å². The Labute approximate surface area is 162 Å². The Morgan fingerprint density at radius 2 is 1.89 bits per heavy atom. The van der Waals surface area contributed by atoms with E-state index in [-0.39, 0.29) is 5.91 Å². The van der Waals surface area contributed by atoms with Gasteiger partial charge in [-0.25, -0.2) is 0 Å². The maximum atomic E-state index is 12.3. The second-order valence-electron chi connectivity index (χ2n) is 6.88. The molecule has 4 heteroatoms. The molecule has 1 amide bonds. The van der Waals surface area contributed by atoms with Gasteiger partial charge in [-0.15, -0.1) is 0 Å². The molecule has 1 N–H and O–H groups in total. The molecule has 0 aliphatic heterocycles. The molecular weight excluding hydrogens is 338 g/mol. The van der Waals surface area contributed by atoms with E-state index >= 15 is 0 Å². The van der Waals surface area contributed by atoms with Gasteiger partial charge in [0.2, 0.25) is 0 Å². The fraction of sp³-hybridized carbons (Fsp3) is 0.435. The van der Waals surface area contributed by atoms with Crippen molar-refractivity contribution in [2.75, 3.05) is 13.2 Å². The number of aryl methyl sites for hydroxylation is 3. The van der Waals surface area contributed by atoms with Crippen LogP contribution >= 0.6 is 0 Å². The van der Waals surface area contributed by atoms with E-state index in [0.29, 0.717) is 6.54 Å². The topological polar surface area (TPSA) is 47.6 Å². The molecule has 0 aromatic heterocycles. The second kappa shape index (κ2) is 10.6. The number of nitrogens with one attached hydrogen (secondary N) is 1. The summed E-state index contributed by atoms with van der Waals surface area (Å²) in [7, 11) is 0. The van der Waals surface area contributed by atoms with Crippen LogP contribution in [-0.4, -0.2) is 25.2 Å². The van der Waals surface area contributed by atoms with Gasteiger partial charge in [-0.1, -0.05) is 42.8 Å². The van der Waals surface area contributed by atoms with Crippen LogP contribution in [0.3, 0.4) is 0 Å². The first-order chi connectivity index (χ1) is 13.0. The van der Waals surface area contributed by atoms with Crippen LogP contribution in [0, 0.1) is 13.8 Å². The second-order valence-corrected chi connectivity index (χ2v) is 6.88. The van der Waals surface area contributed by atoms with Gasteiger partial charge >= 0.3 is 0 Å². The average molecular weight is 370 g/mol. The quantitative estimate of drug-likeness (QED) is 0.622. The summed E-state index contributed by atoms with van der Waals surface area (Å²) in [5, 5.41) is 2.96. The number of amides is 1. The molecule has 0 aliphatic rings. The Hall–Kier alpha value is -2.49. The molecule has 0 saturated heterocycles. The fourth-order valence-electron chi connectivity index (χ4n) is 2.87. The third-order valence-electron chi connectivity index (χ3n) is 4.36. The standard InChI is InChI=1S/C23H31NO3/c1-5-15-26-22-11-7-6-9-20(22)10-8-14-24-23(25)19(4)27-21-13-12-17(2)16-18(21)3/h6-7,9,11-13,16,19H,5,8,10,14-15H2,1-4H3,(H,24,25)/t19-/m0/s1. The van der Waals surface area contributed by atoms with Crippen LogP contribution in [-0.2, 0) is 11.2 Å². The Kier molecular flexibility index (Phi) is 8.18. The Balaban J connectivity index is 1.77. The van der Waals surface area contributed by atoms with Gasteiger partial charge in [-0.3, -0.25) is 4.79 Å². The molecule has 0 aliphatic carbocycles. The highest BCUT2D eigenvalue weighted by molar-refractivity contribution is 5.80. The van der Waals surface area contributed by atoms with Crippen molar-refractivity contribution in [3.05, 3.63) is 59.2 Å². The van der Waals surface area contributed by atoms with Crippen molar-refractivity contribution in [2.24, 2.45) is 0 Å². The first kappa shape index (κ1) is 20.8. The van der Waals surface area contributed by atoms with Crippen LogP contribution in [0.15, 0.2) is 42.5 Å². The highest BCUT2D eigenvalue weighted by Crippen LogP contribution is 2.21. The van der Waals surface area contributed by atoms with E-state index in [9.17, 15) is 4.79 Å². The lowest BCUT2D eigenvalue weighted by atomic mass is 10.1. The van der Waals surface area contributed by atoms with Crippen LogP contribution < -0.4 is 14.8 Å². The third-order valence-corrected chi connectivity index (χ3v) is 4.36. The number of ether oxygens (including phenoxy) is 2. The summed E-state index contributed by atoms with van der Waals surface area (Å²) >= 11 is 0. The summed E-state index contributed by atoms with van der Waals surface area (Å²) < 4.78 is 11.6. The molecule has 2 aromatic carbocycles. The van der Waals surface area contributed by atoms with E-state index in [0.717, 1.165) is 42.9 Å². The highest BCUT2D eigenvalue weighted by Gasteiger charge is 2.15. The summed E-state index contributed by atoms with van der Waals surface area (Å²) in [5.74, 6) is 1.60. The molecule has 2 aromatic rings. The van der Waals surface area contributed by atoms with E-state index in [1.165, 1.54) is 11.1 Å². The molecule has 4 nitrogen and oxygen atoms in total. The Morgan fingerprint density at radius 1 is 1.11 bits per heavy atom. The zero-order valence-corrected chi connectivity index (χ0v) is 16.9. The van der Waals surface area contributed by atoms with Gasteiger partial charge < -0.3 is 14.8 Å². The summed E-state index contributed by atoms with van der Waals surface area (Å²) in [6.07, 6.45) is 2.19. The molecule has 0 saturated carbocycles. The number of rotatable bonds is 10. The summed E-state index contributed by atoms with van der Waals surface area (Å²) in [6.45, 7) is 9.24. The molecule has 2 rings (SSSR count). The van der Waals surface area contributed by atoms with Gasteiger partial charge in [0.05, 0.1) is 6.61 Å². The van der Waals surface area contributed by atoms with Crippen molar-refractivity contribution in [2.45, 2.75) is 53.1 Å². The zero-order chi connectivity index (χ0) is 19.6. The molecule has 146 valence electrons. The first-order valence-electron chi connectivity index (χ1n) is 9.73. The maximum absolute atomic E-state index is 12.3. The molecule has 0 radical (unpaired) electrons. The van der Waals surface area contributed by atoms with Crippen molar-refractivity contribution in [1.82, 2.24) is 5.32 Å². The van der Waals surface area contributed by atoms with E-state index in [2.05, 4.69) is 24.4 Å². The molecule has 0 unspecified atom stereocenters. The molecule has 1 atom stereocenters. The van der Waals surface area contributed by atoms with E-state index in [1.54, 1.807) is 6.92 Å². The number of para-hydroxylation sites is 1. The predicted octanol–water partition coefficient (Wildman–Crippen LogP) is 4.61. The Morgan fingerprint density at radius 3 is 2.63 bits per heavy atom. The van der Waals surface area contributed by atoms with Gasteiger partial charge in [-0.2, -0.15) is 0 Å². The van der Waals surface area contributed by atoms with Crippen LogP contribution in [0.4, 0.5) is 0 Å². The molecular formula is C23H31NO3. The van der Waals surface area contributed by atoms with Gasteiger partial charge in [-0.05, 0) is 63.3 Å². The van der Waals surface area contributed by atoms with Crippen LogP contribution in [0.5, 0.6) is 11.5 Å². The van der Waals surface area contributed by atoms with Crippen LogP contribution in [0.2, 0.25) is 0 Å². The van der Waals surface area contributed by atoms with E-state index in [4.69, 9.17) is 9.47 Å². The smallest absolute Gasteiger partial charge is 0.260 e. The van der Waals surface area contributed by atoms with E-state index < -0.39 is 6.10 Å². The number of carbonyl (C=O) groups is 1. The van der Waals surface area contributed by atoms with Gasteiger partial charge in [0.1, 0.15) is 11.5 Å². The highest BCUT2D eigenvalue weighted by atomic mass is 16.5. The molecule has 27 heavy (non-hydrogen) atoms. The zero-order valence-electron chi connectivity index (χ0n) is 16.9. The van der Waals surface area contributed by atoms with Crippen LogP contribution in [0.1, 0.15) is 43.4 Å². The fourth-order valence-corrected chi connectivity index (χ4v) is 2.87. The maximum Gasteiger partial charge on any atom is 0.260 e. The van der Waals surface area contributed by atoms with Crippen molar-refractivity contribution in [3.8, 4) is 11.5 Å². The number of carbonyl (C=O) groups excluding carboxylic acids is 1. The lowest BCUT2D eigenvalue weighted by Gasteiger charge is -2.17. The van der Waals surface area contributed by atoms with E-state index in [1.807, 2.05) is 44.2 Å². The molecule has 0 spiro atoms.